The Labute approximate surface area is 152 Å². The fourth-order valence-electron chi connectivity index (χ4n) is 3.04. The van der Waals surface area contributed by atoms with Crippen molar-refractivity contribution in [1.82, 2.24) is 24.6 Å². The average molecular weight is 401 g/mol. The molecule has 1 unspecified atom stereocenters. The van der Waals surface area contributed by atoms with E-state index in [-0.39, 0.29) is 23.7 Å². The monoisotopic (exact) mass is 401 g/mol. The predicted molar refractivity (Wildman–Crippen MR) is 91.3 cm³/mol. The number of hydrogen-bond donors (Lipinski definition) is 5. The van der Waals surface area contributed by atoms with Crippen LogP contribution < -0.4 is 16.4 Å². The smallest absolute Gasteiger partial charge is 0.480 e. The van der Waals surface area contributed by atoms with Gasteiger partial charge in [0.15, 0.2) is 11.2 Å². The second-order valence-corrected chi connectivity index (χ2v) is 8.06. The summed E-state index contributed by atoms with van der Waals surface area (Å²) in [5, 5.41) is 11.5. The number of nitrogen functional groups attached to an aromatic ring is 1. The molecule has 0 radical (unpaired) electrons. The molecule has 5 atom stereocenters. The summed E-state index contributed by atoms with van der Waals surface area (Å²) in [7, 11) is -3.54. The molecule has 27 heavy (non-hydrogen) atoms. The number of fused-ring (bicyclic) bond motifs is 2. The number of nitrogens with two attached hydrogens (primary N) is 1. The summed E-state index contributed by atoms with van der Waals surface area (Å²) in [6.45, 7) is 1.39. The summed E-state index contributed by atoms with van der Waals surface area (Å²) >= 11 is 0. The maximum atomic E-state index is 11.9. The van der Waals surface area contributed by atoms with Crippen molar-refractivity contribution in [1.29, 1.82) is 0 Å². The zero-order chi connectivity index (χ0) is 19.3. The van der Waals surface area contributed by atoms with Gasteiger partial charge in [0.25, 0.3) is 5.56 Å². The number of aliphatic carboxylic acids is 1. The number of aromatic amines is 1. The summed E-state index contributed by atoms with van der Waals surface area (Å²) in [5.41, 5.74) is 5.53. The summed E-state index contributed by atoms with van der Waals surface area (Å²) < 4.78 is 18.4. The highest BCUT2D eigenvalue weighted by atomic mass is 31.2. The SMILES string of the molecule is C[C@H](N[P+]1(O)OC[C@H]2O[C@@H](n3cnc4c(=O)[nH]c(N)nc43)C[C@@H]2O1)C(=O)O. The van der Waals surface area contributed by atoms with E-state index in [0.29, 0.717) is 6.42 Å². The van der Waals surface area contributed by atoms with Crippen LogP contribution in [0.4, 0.5) is 5.95 Å². The lowest BCUT2D eigenvalue weighted by Gasteiger charge is -2.28. The molecule has 6 N–H and O–H groups in total. The summed E-state index contributed by atoms with van der Waals surface area (Å²) in [5.74, 6) is -1.19. The third-order valence-corrected chi connectivity index (χ3v) is 6.13. The molecule has 2 fully saturated rings. The van der Waals surface area contributed by atoms with Crippen LogP contribution in [0.5, 0.6) is 0 Å². The van der Waals surface area contributed by atoms with Gasteiger partial charge < -0.3 is 15.6 Å². The van der Waals surface area contributed by atoms with Crippen LogP contribution in [-0.4, -0.2) is 60.3 Å². The molecule has 4 heterocycles. The first-order valence-electron chi connectivity index (χ1n) is 8.09. The van der Waals surface area contributed by atoms with E-state index in [9.17, 15) is 14.5 Å². The first-order chi connectivity index (χ1) is 12.8. The van der Waals surface area contributed by atoms with Crippen LogP contribution in [0.3, 0.4) is 0 Å². The van der Waals surface area contributed by atoms with Crippen molar-refractivity contribution in [3.8, 4) is 0 Å². The first-order valence-corrected chi connectivity index (χ1v) is 9.66. The molecule has 0 aliphatic carbocycles. The number of aromatic nitrogens is 4. The highest BCUT2D eigenvalue weighted by molar-refractivity contribution is 7.58. The van der Waals surface area contributed by atoms with E-state index in [1.807, 2.05) is 0 Å². The summed E-state index contributed by atoms with van der Waals surface area (Å²) in [4.78, 5) is 43.8. The molecule has 2 aromatic rings. The zero-order valence-corrected chi connectivity index (χ0v) is 15.0. The van der Waals surface area contributed by atoms with Crippen molar-refractivity contribution >= 4 is 31.2 Å². The van der Waals surface area contributed by atoms with Crippen molar-refractivity contribution in [3.05, 3.63) is 16.7 Å². The van der Waals surface area contributed by atoms with E-state index in [4.69, 9.17) is 24.6 Å². The fraction of sp³-hybridized carbons (Fsp3) is 0.538. The van der Waals surface area contributed by atoms with Gasteiger partial charge >= 0.3 is 14.1 Å². The number of anilines is 1. The van der Waals surface area contributed by atoms with Crippen LogP contribution in [0.2, 0.25) is 0 Å². The van der Waals surface area contributed by atoms with Crippen molar-refractivity contribution in [2.24, 2.45) is 0 Å². The second kappa shape index (κ2) is 6.48. The van der Waals surface area contributed by atoms with Crippen molar-refractivity contribution in [3.63, 3.8) is 0 Å². The number of imidazole rings is 1. The molecule has 2 aliphatic rings. The third kappa shape index (κ3) is 3.29. The maximum Gasteiger partial charge on any atom is 0.500 e. The van der Waals surface area contributed by atoms with Gasteiger partial charge in [-0.3, -0.25) is 19.1 Å². The molecular formula is C13H18N6O7P+. The molecule has 2 aliphatic heterocycles. The molecule has 14 heteroatoms. The van der Waals surface area contributed by atoms with E-state index < -0.39 is 44.1 Å². The largest absolute Gasteiger partial charge is 0.500 e. The molecule has 0 aromatic carbocycles. The third-order valence-electron chi connectivity index (χ3n) is 4.36. The van der Waals surface area contributed by atoms with Gasteiger partial charge in [0, 0.05) is 6.42 Å². The molecule has 146 valence electrons. The predicted octanol–water partition coefficient (Wildman–Crippen LogP) is -0.863. The van der Waals surface area contributed by atoms with Crippen LogP contribution in [0.1, 0.15) is 19.6 Å². The number of hydrogen-bond acceptors (Lipinski definition) is 10. The Balaban J connectivity index is 1.54. The lowest BCUT2D eigenvalue weighted by molar-refractivity contribution is -0.138. The minimum absolute atomic E-state index is 0.0214. The van der Waals surface area contributed by atoms with Crippen molar-refractivity contribution in [2.75, 3.05) is 12.3 Å². The average Bonchev–Trinajstić information content (AvgIpc) is 3.17. The normalized spacial score (nSPS) is 31.7. The highest BCUT2D eigenvalue weighted by Gasteiger charge is 2.57. The molecule has 0 saturated carbocycles. The molecule has 0 spiro atoms. The molecule has 2 aromatic heterocycles. The van der Waals surface area contributed by atoms with Crippen LogP contribution in [-0.2, 0) is 18.6 Å². The van der Waals surface area contributed by atoms with Crippen molar-refractivity contribution < 1.29 is 28.6 Å². The number of ether oxygens (including phenoxy) is 1. The highest BCUT2D eigenvalue weighted by Crippen LogP contribution is 2.59. The lowest BCUT2D eigenvalue weighted by atomic mass is 10.2. The van der Waals surface area contributed by atoms with Gasteiger partial charge in [-0.15, -0.1) is 5.09 Å². The van der Waals surface area contributed by atoms with E-state index in [1.54, 1.807) is 4.57 Å². The van der Waals surface area contributed by atoms with E-state index in [2.05, 4.69) is 20.0 Å². The number of nitrogens with one attached hydrogen (secondary N) is 2. The molecule has 0 amide bonds. The lowest BCUT2D eigenvalue weighted by Crippen LogP contribution is -2.42. The Hall–Kier alpha value is -2.15. The van der Waals surface area contributed by atoms with Crippen molar-refractivity contribution in [2.45, 2.75) is 37.8 Å². The topological polar surface area (TPSA) is 187 Å². The summed E-state index contributed by atoms with van der Waals surface area (Å²) in [6, 6.07) is -1.05. The Morgan fingerprint density at radius 2 is 2.33 bits per heavy atom. The van der Waals surface area contributed by atoms with Crippen LogP contribution in [0, 0.1) is 0 Å². The van der Waals surface area contributed by atoms with Gasteiger partial charge in [-0.2, -0.15) is 18.9 Å². The Morgan fingerprint density at radius 1 is 1.56 bits per heavy atom. The number of rotatable bonds is 4. The minimum Gasteiger partial charge on any atom is -0.480 e. The molecule has 0 bridgehead atoms. The van der Waals surface area contributed by atoms with E-state index >= 15 is 0 Å². The number of carboxylic acid groups (broad SMARTS) is 1. The van der Waals surface area contributed by atoms with Crippen LogP contribution in [0.25, 0.3) is 11.2 Å². The molecule has 13 nitrogen and oxygen atoms in total. The van der Waals surface area contributed by atoms with E-state index in [0.717, 1.165) is 0 Å². The maximum absolute atomic E-state index is 11.9. The number of carbonyl (C=O) groups is 1. The van der Waals surface area contributed by atoms with Gasteiger partial charge in [0.2, 0.25) is 5.95 Å². The Morgan fingerprint density at radius 3 is 3.07 bits per heavy atom. The van der Waals surface area contributed by atoms with Gasteiger partial charge in [-0.05, 0) is 6.92 Å². The first kappa shape index (κ1) is 18.2. The fourth-order valence-corrected chi connectivity index (χ4v) is 4.78. The second-order valence-electron chi connectivity index (χ2n) is 6.29. The van der Waals surface area contributed by atoms with Gasteiger partial charge in [-0.25, -0.2) is 4.98 Å². The number of carboxylic acids is 1. The van der Waals surface area contributed by atoms with Crippen LogP contribution in [0.15, 0.2) is 11.1 Å². The van der Waals surface area contributed by atoms with Gasteiger partial charge in [0.05, 0.1) is 6.33 Å². The van der Waals surface area contributed by atoms with E-state index in [1.165, 1.54) is 13.3 Å². The quantitative estimate of drug-likeness (QED) is 0.401. The number of nitrogens with zero attached hydrogens (tertiary/aromatic N) is 3. The standard InChI is InChI=1S/C13H17N6O7P/c1-5(12(21)22)18-27(23)24-3-7-6(26-27)2-8(25-7)19-4-15-9-10(19)16-13(14)17-11(9)20/h4-8,18,23H,2-3H2,1H3,(H3-,14,16,17,20,21,22)/p+1/t5-,6-,7+,8+,27?/m0/s1. The molecule has 4 rings (SSSR count). The Kier molecular flexibility index (Phi) is 4.37. The van der Waals surface area contributed by atoms with Crippen LogP contribution >= 0.6 is 8.09 Å². The van der Waals surface area contributed by atoms with Gasteiger partial charge in [-0.1, -0.05) is 0 Å². The number of H-pyrrole nitrogens is 1. The molecular weight excluding hydrogens is 383 g/mol. The van der Waals surface area contributed by atoms with Gasteiger partial charge in [0.1, 0.15) is 31.1 Å². The minimum atomic E-state index is -3.54. The molecule has 2 saturated heterocycles. The summed E-state index contributed by atoms with van der Waals surface area (Å²) in [6.07, 6.45) is 0.160. The Bertz CT molecular complexity index is 949. The zero-order valence-electron chi connectivity index (χ0n) is 14.1.